The summed E-state index contributed by atoms with van der Waals surface area (Å²) in [4.78, 5) is 26.4. The number of fused-ring (bicyclic) bond motifs is 1. The van der Waals surface area contributed by atoms with Crippen molar-refractivity contribution in [1.82, 2.24) is 15.5 Å². The lowest BCUT2D eigenvalue weighted by Gasteiger charge is -2.24. The van der Waals surface area contributed by atoms with Crippen molar-refractivity contribution in [2.75, 3.05) is 26.2 Å². The number of amides is 2. The fraction of sp³-hybridized carbons (Fsp3) is 0.636. The van der Waals surface area contributed by atoms with Gasteiger partial charge in [0.15, 0.2) is 0 Å². The van der Waals surface area contributed by atoms with Crippen LogP contribution < -0.4 is 20.1 Å². The van der Waals surface area contributed by atoms with Gasteiger partial charge in [-0.3, -0.25) is 14.5 Å². The Hall–Kier alpha value is -2.28. The van der Waals surface area contributed by atoms with Gasteiger partial charge < -0.3 is 20.1 Å². The maximum atomic E-state index is 12.5. The molecule has 2 N–H and O–H groups in total. The Morgan fingerprint density at radius 1 is 1.21 bits per heavy atom. The fourth-order valence-electron chi connectivity index (χ4n) is 3.30. The van der Waals surface area contributed by atoms with Gasteiger partial charge in [-0.25, -0.2) is 0 Å². The van der Waals surface area contributed by atoms with E-state index in [0.29, 0.717) is 19.7 Å². The van der Waals surface area contributed by atoms with Crippen LogP contribution in [0.3, 0.4) is 0 Å². The van der Waals surface area contributed by atoms with Crippen molar-refractivity contribution >= 4 is 11.8 Å². The molecule has 1 aliphatic heterocycles. The standard InChI is InChI=1S/C22H35N3O4/c1-7-25(14-21(27)24-22(4,5)6)13-20(26)23-12-17-11-19-16(9-15(3)29-19)10-18(17)28-8-2/h10-11,15H,7-9,12-14H2,1-6H3,(H,23,26)(H,24,27)/t15-/m0/s1. The van der Waals surface area contributed by atoms with E-state index in [9.17, 15) is 9.59 Å². The van der Waals surface area contributed by atoms with Gasteiger partial charge in [0, 0.05) is 29.6 Å². The van der Waals surface area contributed by atoms with Gasteiger partial charge in [0.1, 0.15) is 17.6 Å². The molecular formula is C22H35N3O4. The van der Waals surface area contributed by atoms with E-state index in [1.165, 1.54) is 0 Å². The van der Waals surface area contributed by atoms with E-state index in [1.54, 1.807) is 0 Å². The van der Waals surface area contributed by atoms with E-state index in [1.807, 2.05) is 58.6 Å². The smallest absolute Gasteiger partial charge is 0.234 e. The number of ether oxygens (including phenoxy) is 2. The number of nitrogens with zero attached hydrogens (tertiary/aromatic N) is 1. The number of likely N-dealkylation sites (N-methyl/N-ethyl adjacent to an activating group) is 1. The van der Waals surface area contributed by atoms with Crippen LogP contribution in [-0.2, 0) is 22.6 Å². The van der Waals surface area contributed by atoms with Gasteiger partial charge in [0.25, 0.3) is 0 Å². The van der Waals surface area contributed by atoms with Crippen LogP contribution in [0.1, 0.15) is 52.7 Å². The highest BCUT2D eigenvalue weighted by Crippen LogP contribution is 2.35. The summed E-state index contributed by atoms with van der Waals surface area (Å²) in [5.41, 5.74) is 1.74. The third kappa shape index (κ3) is 7.24. The zero-order valence-electron chi connectivity index (χ0n) is 18.6. The molecule has 0 saturated heterocycles. The predicted molar refractivity (Wildman–Crippen MR) is 113 cm³/mol. The molecule has 0 aliphatic carbocycles. The third-order valence-electron chi connectivity index (χ3n) is 4.55. The van der Waals surface area contributed by atoms with Crippen molar-refractivity contribution in [3.63, 3.8) is 0 Å². The maximum absolute atomic E-state index is 12.5. The molecule has 0 bridgehead atoms. The van der Waals surface area contributed by atoms with Gasteiger partial charge >= 0.3 is 0 Å². The minimum atomic E-state index is -0.290. The quantitative estimate of drug-likeness (QED) is 0.659. The number of carbonyl (C=O) groups excluding carboxylic acids is 2. The molecule has 2 rings (SSSR count). The van der Waals surface area contributed by atoms with E-state index in [2.05, 4.69) is 10.6 Å². The average Bonchev–Trinajstić information content (AvgIpc) is 2.96. The first-order valence-corrected chi connectivity index (χ1v) is 10.4. The number of nitrogens with one attached hydrogen (secondary N) is 2. The molecule has 1 aliphatic rings. The Kier molecular flexibility index (Phi) is 7.90. The summed E-state index contributed by atoms with van der Waals surface area (Å²) in [6.45, 7) is 13.6. The second-order valence-corrected chi connectivity index (χ2v) is 8.51. The van der Waals surface area contributed by atoms with Crippen molar-refractivity contribution < 1.29 is 19.1 Å². The summed E-state index contributed by atoms with van der Waals surface area (Å²) in [5, 5.41) is 5.86. The van der Waals surface area contributed by atoms with E-state index < -0.39 is 0 Å². The van der Waals surface area contributed by atoms with Crippen LogP contribution in [0.15, 0.2) is 12.1 Å². The molecule has 0 aromatic heterocycles. The SMILES string of the molecule is CCOc1cc2c(cc1CNC(=O)CN(CC)CC(=O)NC(C)(C)C)O[C@@H](C)C2. The fourth-order valence-corrected chi connectivity index (χ4v) is 3.30. The van der Waals surface area contributed by atoms with Crippen LogP contribution >= 0.6 is 0 Å². The van der Waals surface area contributed by atoms with Crippen LogP contribution in [0.4, 0.5) is 0 Å². The first-order valence-electron chi connectivity index (χ1n) is 10.4. The molecular weight excluding hydrogens is 370 g/mol. The van der Waals surface area contributed by atoms with Crippen molar-refractivity contribution in [3.05, 3.63) is 23.3 Å². The molecule has 1 heterocycles. The van der Waals surface area contributed by atoms with Crippen LogP contribution in [0, 0.1) is 0 Å². The first kappa shape index (κ1) is 23.0. The second kappa shape index (κ2) is 9.96. The summed E-state index contributed by atoms with van der Waals surface area (Å²) in [7, 11) is 0. The molecule has 1 atom stereocenters. The molecule has 29 heavy (non-hydrogen) atoms. The van der Waals surface area contributed by atoms with Gasteiger partial charge in [-0.05, 0) is 53.3 Å². The normalized spacial score (nSPS) is 15.6. The van der Waals surface area contributed by atoms with Gasteiger partial charge in [0.2, 0.25) is 11.8 Å². The number of carbonyl (C=O) groups is 2. The molecule has 162 valence electrons. The molecule has 0 fully saturated rings. The van der Waals surface area contributed by atoms with Gasteiger partial charge in [-0.15, -0.1) is 0 Å². The van der Waals surface area contributed by atoms with E-state index in [-0.39, 0.29) is 36.5 Å². The molecule has 1 aromatic carbocycles. The average molecular weight is 406 g/mol. The number of hydrogen-bond acceptors (Lipinski definition) is 5. The van der Waals surface area contributed by atoms with Crippen molar-refractivity contribution in [3.8, 4) is 11.5 Å². The Balaban J connectivity index is 1.94. The molecule has 2 amide bonds. The Morgan fingerprint density at radius 2 is 1.90 bits per heavy atom. The van der Waals surface area contributed by atoms with E-state index in [0.717, 1.165) is 29.0 Å². The van der Waals surface area contributed by atoms with Crippen LogP contribution in [0.25, 0.3) is 0 Å². The minimum absolute atomic E-state index is 0.0873. The number of rotatable bonds is 9. The molecule has 7 nitrogen and oxygen atoms in total. The summed E-state index contributed by atoms with van der Waals surface area (Å²) in [5.74, 6) is 1.42. The second-order valence-electron chi connectivity index (χ2n) is 8.51. The summed E-state index contributed by atoms with van der Waals surface area (Å²) >= 11 is 0. The number of benzene rings is 1. The van der Waals surface area contributed by atoms with Crippen molar-refractivity contribution in [2.24, 2.45) is 0 Å². The first-order chi connectivity index (χ1) is 13.6. The Labute approximate surface area is 174 Å². The lowest BCUT2D eigenvalue weighted by atomic mass is 10.1. The largest absolute Gasteiger partial charge is 0.494 e. The predicted octanol–water partition coefficient (Wildman–Crippen LogP) is 2.26. The van der Waals surface area contributed by atoms with E-state index in [4.69, 9.17) is 9.47 Å². The molecule has 0 spiro atoms. The van der Waals surface area contributed by atoms with Crippen LogP contribution in [0.5, 0.6) is 11.5 Å². The minimum Gasteiger partial charge on any atom is -0.494 e. The monoisotopic (exact) mass is 405 g/mol. The number of hydrogen-bond donors (Lipinski definition) is 2. The Bertz CT molecular complexity index is 728. The van der Waals surface area contributed by atoms with E-state index >= 15 is 0 Å². The lowest BCUT2D eigenvalue weighted by molar-refractivity contribution is -0.125. The zero-order valence-corrected chi connectivity index (χ0v) is 18.6. The highest BCUT2D eigenvalue weighted by Gasteiger charge is 2.22. The third-order valence-corrected chi connectivity index (χ3v) is 4.55. The molecule has 1 aromatic rings. The highest BCUT2D eigenvalue weighted by atomic mass is 16.5. The molecule has 0 radical (unpaired) electrons. The molecule has 7 heteroatoms. The maximum Gasteiger partial charge on any atom is 0.234 e. The zero-order chi connectivity index (χ0) is 21.6. The summed E-state index contributed by atoms with van der Waals surface area (Å²) in [6.07, 6.45) is 1.02. The van der Waals surface area contributed by atoms with Gasteiger partial charge in [0.05, 0.1) is 19.7 Å². The molecule has 0 saturated carbocycles. The van der Waals surface area contributed by atoms with Crippen LogP contribution in [0.2, 0.25) is 0 Å². The summed E-state index contributed by atoms with van der Waals surface area (Å²) < 4.78 is 11.6. The van der Waals surface area contributed by atoms with Gasteiger partial charge in [-0.2, -0.15) is 0 Å². The van der Waals surface area contributed by atoms with Crippen LogP contribution in [-0.4, -0.2) is 54.6 Å². The lowest BCUT2D eigenvalue weighted by Crippen LogP contribution is -2.47. The van der Waals surface area contributed by atoms with Crippen molar-refractivity contribution in [2.45, 2.75) is 66.2 Å². The highest BCUT2D eigenvalue weighted by molar-refractivity contribution is 5.81. The van der Waals surface area contributed by atoms with Gasteiger partial charge in [-0.1, -0.05) is 6.92 Å². The Morgan fingerprint density at radius 3 is 2.52 bits per heavy atom. The topological polar surface area (TPSA) is 79.9 Å². The summed E-state index contributed by atoms with van der Waals surface area (Å²) in [6, 6.07) is 3.97. The molecule has 0 unspecified atom stereocenters. The van der Waals surface area contributed by atoms with Crippen molar-refractivity contribution in [1.29, 1.82) is 0 Å².